The molecule has 0 aliphatic heterocycles. The predicted octanol–water partition coefficient (Wildman–Crippen LogP) is 3.00. The fourth-order valence-electron chi connectivity index (χ4n) is 2.16. The van der Waals surface area contributed by atoms with Gasteiger partial charge in [-0.3, -0.25) is 0 Å². The molecule has 1 N–H and O–H groups in total. The molecule has 0 saturated heterocycles. The van der Waals surface area contributed by atoms with Crippen LogP contribution in [0.15, 0.2) is 24.3 Å². The highest BCUT2D eigenvalue weighted by atomic mass is 35.5. The largest absolute Gasteiger partial charge is 0.307 e. The number of benzene rings is 1. The zero-order valence-corrected chi connectivity index (χ0v) is 12.8. The lowest BCUT2D eigenvalue weighted by Crippen LogP contribution is -2.24. The van der Waals surface area contributed by atoms with E-state index in [4.69, 9.17) is 11.6 Å². The number of hydrogen-bond acceptors (Lipinski definition) is 4. The molecule has 0 saturated carbocycles. The first-order valence-electron chi connectivity index (χ1n) is 6.90. The average Bonchev–Trinajstić information content (AvgIpc) is 2.94. The van der Waals surface area contributed by atoms with E-state index in [9.17, 15) is 0 Å². The van der Waals surface area contributed by atoms with Crippen LogP contribution in [0.2, 0.25) is 5.02 Å². The second-order valence-corrected chi connectivity index (χ2v) is 5.26. The Morgan fingerprint density at radius 2 is 2.05 bits per heavy atom. The lowest BCUT2D eigenvalue weighted by atomic mass is 10.1. The first kappa shape index (κ1) is 14.9. The van der Waals surface area contributed by atoms with Gasteiger partial charge in [0.2, 0.25) is 0 Å². The van der Waals surface area contributed by atoms with Crippen molar-refractivity contribution in [2.24, 2.45) is 0 Å². The second-order valence-electron chi connectivity index (χ2n) is 4.85. The molecule has 108 valence electrons. The Kier molecular flexibility index (Phi) is 5.09. The Balaban J connectivity index is 2.25. The van der Waals surface area contributed by atoms with Gasteiger partial charge in [-0.1, -0.05) is 36.7 Å². The van der Waals surface area contributed by atoms with Crippen LogP contribution in [0, 0.1) is 0 Å². The first-order valence-corrected chi connectivity index (χ1v) is 7.28. The molecule has 2 rings (SSSR count). The van der Waals surface area contributed by atoms with Gasteiger partial charge in [0.15, 0.2) is 5.82 Å². The molecule has 0 amide bonds. The molecule has 0 bridgehead atoms. The van der Waals surface area contributed by atoms with Crippen molar-refractivity contribution in [3.8, 4) is 0 Å². The smallest absolute Gasteiger partial charge is 0.168 e. The fourth-order valence-corrected chi connectivity index (χ4v) is 2.45. The molecule has 0 aliphatic carbocycles. The van der Waals surface area contributed by atoms with Gasteiger partial charge in [0, 0.05) is 5.02 Å². The van der Waals surface area contributed by atoms with Gasteiger partial charge in [-0.2, -0.15) is 0 Å². The van der Waals surface area contributed by atoms with Crippen LogP contribution < -0.4 is 5.32 Å². The minimum atomic E-state index is -0.000392. The molecule has 1 heterocycles. The van der Waals surface area contributed by atoms with Crippen molar-refractivity contribution < 1.29 is 0 Å². The zero-order chi connectivity index (χ0) is 14.5. The standard InChI is InChI=1S/C14H20ClN5/c1-4-9-16-10(2)14-17-18-19-20(14)11(3)12-7-5-6-8-13(12)15/h5-8,10-11,16H,4,9H2,1-3H3. The Morgan fingerprint density at radius 1 is 1.30 bits per heavy atom. The number of tetrazole rings is 1. The van der Waals surface area contributed by atoms with E-state index in [-0.39, 0.29) is 12.1 Å². The van der Waals surface area contributed by atoms with Gasteiger partial charge in [-0.25, -0.2) is 4.68 Å². The number of hydrogen-bond donors (Lipinski definition) is 1. The summed E-state index contributed by atoms with van der Waals surface area (Å²) in [5, 5.41) is 16.2. The summed E-state index contributed by atoms with van der Waals surface area (Å²) < 4.78 is 1.83. The molecule has 1 aromatic heterocycles. The third-order valence-electron chi connectivity index (χ3n) is 3.33. The summed E-state index contributed by atoms with van der Waals surface area (Å²) >= 11 is 6.25. The van der Waals surface area contributed by atoms with Gasteiger partial charge in [-0.15, -0.1) is 5.10 Å². The van der Waals surface area contributed by atoms with E-state index >= 15 is 0 Å². The van der Waals surface area contributed by atoms with Gasteiger partial charge in [-0.05, 0) is 48.9 Å². The maximum absolute atomic E-state index is 6.25. The van der Waals surface area contributed by atoms with Crippen molar-refractivity contribution in [3.63, 3.8) is 0 Å². The van der Waals surface area contributed by atoms with Gasteiger partial charge < -0.3 is 5.32 Å². The maximum atomic E-state index is 6.25. The Hall–Kier alpha value is -1.46. The minimum absolute atomic E-state index is 0.000392. The highest BCUT2D eigenvalue weighted by molar-refractivity contribution is 6.31. The van der Waals surface area contributed by atoms with E-state index in [1.165, 1.54) is 0 Å². The number of nitrogens with zero attached hydrogens (tertiary/aromatic N) is 4. The van der Waals surface area contributed by atoms with E-state index in [1.54, 1.807) is 0 Å². The number of aromatic nitrogens is 4. The van der Waals surface area contributed by atoms with E-state index in [2.05, 4.69) is 34.7 Å². The van der Waals surface area contributed by atoms with Crippen molar-refractivity contribution >= 4 is 11.6 Å². The molecular formula is C14H20ClN5. The normalized spacial score (nSPS) is 14.2. The van der Waals surface area contributed by atoms with Crippen molar-refractivity contribution in [1.29, 1.82) is 0 Å². The van der Waals surface area contributed by atoms with Crippen LogP contribution in [-0.4, -0.2) is 26.8 Å². The molecule has 0 spiro atoms. The molecule has 0 radical (unpaired) electrons. The van der Waals surface area contributed by atoms with Crippen LogP contribution in [0.25, 0.3) is 0 Å². The van der Waals surface area contributed by atoms with Crippen molar-refractivity contribution in [2.75, 3.05) is 6.54 Å². The van der Waals surface area contributed by atoms with E-state index < -0.39 is 0 Å². The van der Waals surface area contributed by atoms with Crippen LogP contribution >= 0.6 is 11.6 Å². The topological polar surface area (TPSA) is 55.6 Å². The van der Waals surface area contributed by atoms with Crippen molar-refractivity contribution in [3.05, 3.63) is 40.7 Å². The van der Waals surface area contributed by atoms with Crippen molar-refractivity contribution in [1.82, 2.24) is 25.5 Å². The summed E-state index contributed by atoms with van der Waals surface area (Å²) in [6.45, 7) is 7.19. The van der Waals surface area contributed by atoms with Gasteiger partial charge in [0.05, 0.1) is 12.1 Å². The van der Waals surface area contributed by atoms with Gasteiger partial charge in [0.25, 0.3) is 0 Å². The third kappa shape index (κ3) is 3.16. The van der Waals surface area contributed by atoms with Crippen molar-refractivity contribution in [2.45, 2.75) is 39.3 Å². The summed E-state index contributed by atoms with van der Waals surface area (Å²) in [6.07, 6.45) is 1.08. The third-order valence-corrected chi connectivity index (χ3v) is 3.67. The molecule has 2 atom stereocenters. The van der Waals surface area contributed by atoms with Crippen LogP contribution in [0.3, 0.4) is 0 Å². The number of halogens is 1. The minimum Gasteiger partial charge on any atom is -0.307 e. The summed E-state index contributed by atoms with van der Waals surface area (Å²) in [5.41, 5.74) is 1.02. The van der Waals surface area contributed by atoms with Crippen LogP contribution in [-0.2, 0) is 0 Å². The molecule has 2 unspecified atom stereocenters. The molecule has 5 nitrogen and oxygen atoms in total. The maximum Gasteiger partial charge on any atom is 0.168 e. The molecule has 1 aromatic carbocycles. The predicted molar refractivity (Wildman–Crippen MR) is 79.8 cm³/mol. The lowest BCUT2D eigenvalue weighted by molar-refractivity contribution is 0.464. The molecule has 2 aromatic rings. The number of nitrogens with one attached hydrogen (secondary N) is 1. The summed E-state index contributed by atoms with van der Waals surface area (Å²) in [4.78, 5) is 0. The van der Waals surface area contributed by atoms with Crippen LogP contribution in [0.1, 0.15) is 50.7 Å². The highest BCUT2D eigenvalue weighted by Gasteiger charge is 2.20. The lowest BCUT2D eigenvalue weighted by Gasteiger charge is -2.18. The average molecular weight is 294 g/mol. The number of rotatable bonds is 6. The fraction of sp³-hybridized carbons (Fsp3) is 0.500. The first-order chi connectivity index (χ1) is 9.65. The quantitative estimate of drug-likeness (QED) is 0.889. The Bertz CT molecular complexity index is 554. The zero-order valence-electron chi connectivity index (χ0n) is 12.0. The molecule has 6 heteroatoms. The molecule has 0 aliphatic rings. The van der Waals surface area contributed by atoms with E-state index in [0.717, 1.165) is 29.4 Å². The molecule has 20 heavy (non-hydrogen) atoms. The van der Waals surface area contributed by atoms with E-state index in [1.807, 2.05) is 35.9 Å². The summed E-state index contributed by atoms with van der Waals surface area (Å²) in [6, 6.07) is 7.89. The Morgan fingerprint density at radius 3 is 2.75 bits per heavy atom. The molecule has 0 fully saturated rings. The van der Waals surface area contributed by atoms with Gasteiger partial charge >= 0.3 is 0 Å². The summed E-state index contributed by atoms with van der Waals surface area (Å²) in [7, 11) is 0. The second kappa shape index (κ2) is 6.81. The van der Waals surface area contributed by atoms with Gasteiger partial charge in [0.1, 0.15) is 0 Å². The van der Waals surface area contributed by atoms with E-state index in [0.29, 0.717) is 0 Å². The SMILES string of the molecule is CCCNC(C)c1nnnn1C(C)c1ccccc1Cl. The van der Waals surface area contributed by atoms with Crippen LogP contribution in [0.4, 0.5) is 0 Å². The summed E-state index contributed by atoms with van der Waals surface area (Å²) in [5.74, 6) is 0.825. The highest BCUT2D eigenvalue weighted by Crippen LogP contribution is 2.26. The van der Waals surface area contributed by atoms with Crippen LogP contribution in [0.5, 0.6) is 0 Å². The molecular weight excluding hydrogens is 274 g/mol. The monoisotopic (exact) mass is 293 g/mol. The Labute approximate surface area is 124 Å².